The summed E-state index contributed by atoms with van der Waals surface area (Å²) in [7, 11) is 0. The second kappa shape index (κ2) is 11.9. The van der Waals surface area contributed by atoms with Crippen LogP contribution in [0, 0.1) is 0 Å². The molecule has 1 aliphatic heterocycles. The second-order valence-corrected chi connectivity index (χ2v) is 9.12. The third-order valence-electron chi connectivity index (χ3n) is 5.51. The molecule has 3 rings (SSSR count). The predicted molar refractivity (Wildman–Crippen MR) is 129 cm³/mol. The number of benzene rings is 2. The molecule has 2 aromatic carbocycles. The van der Waals surface area contributed by atoms with Gasteiger partial charge in [-0.2, -0.15) is 11.8 Å². The van der Waals surface area contributed by atoms with Gasteiger partial charge in [-0.05, 0) is 55.5 Å². The molecule has 1 heterocycles. The summed E-state index contributed by atoms with van der Waals surface area (Å²) in [5.41, 5.74) is 0.990. The van der Waals surface area contributed by atoms with Crippen molar-refractivity contribution in [3.05, 3.63) is 70.7 Å². The van der Waals surface area contributed by atoms with E-state index in [1.807, 2.05) is 24.5 Å². The van der Waals surface area contributed by atoms with Gasteiger partial charge in [-0.15, -0.1) is 0 Å². The van der Waals surface area contributed by atoms with Gasteiger partial charge in [0, 0.05) is 24.7 Å². The first kappa shape index (κ1) is 24.1. The van der Waals surface area contributed by atoms with E-state index in [0.717, 1.165) is 5.75 Å². The van der Waals surface area contributed by atoms with Crippen LogP contribution in [0.1, 0.15) is 40.0 Å². The average molecular weight is 474 g/mol. The zero-order valence-electron chi connectivity index (χ0n) is 18.1. The highest BCUT2D eigenvalue weighted by Crippen LogP contribution is 2.17. The maximum absolute atomic E-state index is 13.2. The maximum atomic E-state index is 13.2. The fraction of sp³-hybridized carbons (Fsp3) is 0.375. The van der Waals surface area contributed by atoms with Crippen LogP contribution < -0.4 is 10.6 Å². The molecule has 2 N–H and O–H groups in total. The maximum Gasteiger partial charge on any atom is 0.253 e. The molecule has 1 atom stereocenters. The molecule has 1 fully saturated rings. The van der Waals surface area contributed by atoms with E-state index < -0.39 is 6.04 Å². The van der Waals surface area contributed by atoms with E-state index in [9.17, 15) is 14.4 Å². The lowest BCUT2D eigenvalue weighted by molar-refractivity contribution is -0.134. The van der Waals surface area contributed by atoms with Crippen molar-refractivity contribution >= 4 is 41.1 Å². The van der Waals surface area contributed by atoms with Crippen molar-refractivity contribution in [1.29, 1.82) is 0 Å². The Hall–Kier alpha value is -2.51. The van der Waals surface area contributed by atoms with Crippen LogP contribution in [0.2, 0.25) is 5.02 Å². The normalized spacial score (nSPS) is 15.1. The third kappa shape index (κ3) is 6.50. The van der Waals surface area contributed by atoms with E-state index in [1.54, 1.807) is 53.1 Å². The molecular formula is C24H28ClN3O3S. The Bertz CT molecular complexity index is 933. The average Bonchev–Trinajstić information content (AvgIpc) is 2.82. The molecule has 6 nitrogen and oxygen atoms in total. The molecule has 3 amide bonds. The zero-order valence-corrected chi connectivity index (χ0v) is 19.6. The number of nitrogens with zero attached hydrogens (tertiary/aromatic N) is 1. The van der Waals surface area contributed by atoms with E-state index >= 15 is 0 Å². The summed E-state index contributed by atoms with van der Waals surface area (Å²) in [4.78, 5) is 40.1. The monoisotopic (exact) mass is 473 g/mol. The lowest BCUT2D eigenvalue weighted by atomic mass is 10.0. The van der Waals surface area contributed by atoms with E-state index in [0.29, 0.717) is 48.5 Å². The number of hydrogen-bond acceptors (Lipinski definition) is 4. The number of nitrogens with one attached hydrogen (secondary N) is 2. The lowest BCUT2D eigenvalue weighted by Gasteiger charge is -2.34. The first-order valence-corrected chi connectivity index (χ1v) is 12.5. The van der Waals surface area contributed by atoms with Gasteiger partial charge in [-0.3, -0.25) is 14.4 Å². The quantitative estimate of drug-likeness (QED) is 0.613. The Morgan fingerprint density at radius 1 is 1.03 bits per heavy atom. The highest BCUT2D eigenvalue weighted by Gasteiger charge is 2.30. The van der Waals surface area contributed by atoms with E-state index in [2.05, 4.69) is 10.6 Å². The predicted octanol–water partition coefficient (Wildman–Crippen LogP) is 3.61. The topological polar surface area (TPSA) is 78.5 Å². The molecule has 1 aliphatic rings. The van der Waals surface area contributed by atoms with Crippen molar-refractivity contribution in [2.24, 2.45) is 0 Å². The van der Waals surface area contributed by atoms with Crippen LogP contribution in [-0.2, 0) is 4.79 Å². The Morgan fingerprint density at radius 3 is 2.34 bits per heavy atom. The van der Waals surface area contributed by atoms with Crippen LogP contribution in [0.25, 0.3) is 0 Å². The van der Waals surface area contributed by atoms with Gasteiger partial charge in [-0.1, -0.05) is 41.9 Å². The lowest BCUT2D eigenvalue weighted by Crippen LogP contribution is -2.53. The Kier molecular flexibility index (Phi) is 9.00. The minimum Gasteiger partial charge on any atom is -0.349 e. The zero-order chi connectivity index (χ0) is 22.9. The molecule has 0 aliphatic carbocycles. The van der Waals surface area contributed by atoms with Crippen molar-refractivity contribution in [3.63, 3.8) is 0 Å². The molecule has 170 valence electrons. The van der Waals surface area contributed by atoms with E-state index in [1.165, 1.54) is 0 Å². The standard InChI is InChI=1S/C24H28ClN3O3S/c1-32-16-13-21(27-23(30)19-9-5-6-10-20(19)25)24(31)28-14-11-18(12-15-28)26-22(29)17-7-3-2-4-8-17/h2-10,18,21H,11-16H2,1H3,(H,26,29)(H,27,30)/t21-/m1/s1. The largest absolute Gasteiger partial charge is 0.349 e. The van der Waals surface area contributed by atoms with Crippen LogP contribution in [0.3, 0.4) is 0 Å². The Labute approximate surface area is 198 Å². The first-order valence-electron chi connectivity index (χ1n) is 10.7. The third-order valence-corrected chi connectivity index (χ3v) is 6.48. The van der Waals surface area contributed by atoms with Crippen LogP contribution >= 0.6 is 23.4 Å². The molecule has 0 radical (unpaired) electrons. The summed E-state index contributed by atoms with van der Waals surface area (Å²) in [6.45, 7) is 1.08. The number of halogens is 1. The highest BCUT2D eigenvalue weighted by molar-refractivity contribution is 7.98. The van der Waals surface area contributed by atoms with E-state index in [4.69, 9.17) is 11.6 Å². The number of hydrogen-bond donors (Lipinski definition) is 2. The van der Waals surface area contributed by atoms with Gasteiger partial charge in [0.25, 0.3) is 11.8 Å². The fourth-order valence-corrected chi connectivity index (χ4v) is 4.39. The highest BCUT2D eigenvalue weighted by atomic mass is 35.5. The summed E-state index contributed by atoms with van der Waals surface area (Å²) in [6, 6.07) is 15.3. The van der Waals surface area contributed by atoms with Gasteiger partial charge in [-0.25, -0.2) is 0 Å². The Balaban J connectivity index is 1.57. The number of rotatable bonds is 8. The number of likely N-dealkylation sites (tertiary alicyclic amines) is 1. The molecule has 0 spiro atoms. The summed E-state index contributed by atoms with van der Waals surface area (Å²) >= 11 is 7.77. The van der Waals surface area contributed by atoms with Crippen LogP contribution in [0.4, 0.5) is 0 Å². The van der Waals surface area contributed by atoms with Crippen molar-refractivity contribution in [2.45, 2.75) is 31.3 Å². The van der Waals surface area contributed by atoms with Gasteiger partial charge >= 0.3 is 0 Å². The summed E-state index contributed by atoms with van der Waals surface area (Å²) < 4.78 is 0. The molecule has 0 saturated carbocycles. The van der Waals surface area contributed by atoms with Crippen LogP contribution in [-0.4, -0.2) is 59.8 Å². The number of carbonyl (C=O) groups excluding carboxylic acids is 3. The van der Waals surface area contributed by atoms with Crippen molar-refractivity contribution in [1.82, 2.24) is 15.5 Å². The molecule has 1 saturated heterocycles. The number of piperidine rings is 1. The molecular weight excluding hydrogens is 446 g/mol. The Morgan fingerprint density at radius 2 is 1.69 bits per heavy atom. The summed E-state index contributed by atoms with van der Waals surface area (Å²) in [5, 5.41) is 6.28. The fourth-order valence-electron chi connectivity index (χ4n) is 3.70. The van der Waals surface area contributed by atoms with Gasteiger partial charge in [0.2, 0.25) is 5.91 Å². The molecule has 32 heavy (non-hydrogen) atoms. The number of thioether (sulfide) groups is 1. The summed E-state index contributed by atoms with van der Waals surface area (Å²) in [6.07, 6.45) is 3.87. The SMILES string of the molecule is CSCC[C@@H](NC(=O)c1ccccc1Cl)C(=O)N1CCC(NC(=O)c2ccccc2)CC1. The minimum absolute atomic E-state index is 0.0223. The molecule has 0 bridgehead atoms. The minimum atomic E-state index is -0.610. The first-order chi connectivity index (χ1) is 15.5. The molecule has 2 aromatic rings. The van der Waals surface area contributed by atoms with Crippen LogP contribution in [0.15, 0.2) is 54.6 Å². The van der Waals surface area contributed by atoms with Crippen molar-refractivity contribution in [3.8, 4) is 0 Å². The van der Waals surface area contributed by atoms with Crippen LogP contribution in [0.5, 0.6) is 0 Å². The van der Waals surface area contributed by atoms with Gasteiger partial charge in [0.15, 0.2) is 0 Å². The number of carbonyl (C=O) groups is 3. The molecule has 0 aromatic heterocycles. The molecule has 0 unspecified atom stereocenters. The molecule has 8 heteroatoms. The van der Waals surface area contributed by atoms with Gasteiger partial charge in [0.05, 0.1) is 10.6 Å². The van der Waals surface area contributed by atoms with Gasteiger partial charge in [0.1, 0.15) is 6.04 Å². The van der Waals surface area contributed by atoms with Gasteiger partial charge < -0.3 is 15.5 Å². The number of amides is 3. The van der Waals surface area contributed by atoms with E-state index in [-0.39, 0.29) is 23.8 Å². The van der Waals surface area contributed by atoms with Crippen molar-refractivity contribution in [2.75, 3.05) is 25.1 Å². The summed E-state index contributed by atoms with van der Waals surface area (Å²) in [5.74, 6) is 0.218. The van der Waals surface area contributed by atoms with Crippen molar-refractivity contribution < 1.29 is 14.4 Å². The smallest absolute Gasteiger partial charge is 0.253 e. The second-order valence-electron chi connectivity index (χ2n) is 7.73.